The van der Waals surface area contributed by atoms with Crippen molar-refractivity contribution in [2.75, 3.05) is 5.32 Å². The molecule has 1 atom stereocenters. The van der Waals surface area contributed by atoms with Crippen LogP contribution in [-0.4, -0.2) is 17.0 Å². The summed E-state index contributed by atoms with van der Waals surface area (Å²) in [7, 11) is 0. The van der Waals surface area contributed by atoms with Gasteiger partial charge in [0, 0.05) is 5.38 Å². The average Bonchev–Trinajstić information content (AvgIpc) is 2.89. The number of benzene rings is 1. The lowest BCUT2D eigenvalue weighted by Crippen LogP contribution is -2.16. The van der Waals surface area contributed by atoms with Crippen molar-refractivity contribution >= 4 is 22.9 Å². The van der Waals surface area contributed by atoms with Crippen molar-refractivity contribution < 1.29 is 9.53 Å². The van der Waals surface area contributed by atoms with Crippen LogP contribution >= 0.6 is 11.3 Å². The van der Waals surface area contributed by atoms with Crippen LogP contribution in [0.25, 0.3) is 0 Å². The fourth-order valence-electron chi connectivity index (χ4n) is 1.90. The van der Waals surface area contributed by atoms with Crippen LogP contribution in [0.1, 0.15) is 37.5 Å². The molecular weight excluding hydrogens is 298 g/mol. The maximum atomic E-state index is 12.2. The van der Waals surface area contributed by atoms with Crippen molar-refractivity contribution in [3.8, 4) is 5.75 Å². The molecule has 118 valence electrons. The summed E-state index contributed by atoms with van der Waals surface area (Å²) in [5.74, 6) is 0.543. The number of hydrogen-bond donors (Lipinski definition) is 2. The van der Waals surface area contributed by atoms with E-state index in [4.69, 9.17) is 10.5 Å². The number of para-hydroxylation sites is 2. The molecule has 22 heavy (non-hydrogen) atoms. The zero-order chi connectivity index (χ0) is 16.1. The third-order valence-electron chi connectivity index (χ3n) is 2.82. The molecule has 0 bridgehead atoms. The van der Waals surface area contributed by atoms with Crippen molar-refractivity contribution in [2.45, 2.75) is 39.3 Å². The van der Waals surface area contributed by atoms with Crippen molar-refractivity contribution in [1.82, 2.24) is 4.98 Å². The fourth-order valence-corrected chi connectivity index (χ4v) is 2.68. The van der Waals surface area contributed by atoms with E-state index in [-0.39, 0.29) is 24.5 Å². The number of carbonyl (C=O) groups excluding carboxylic acids is 1. The Morgan fingerprint density at radius 3 is 2.73 bits per heavy atom. The minimum absolute atomic E-state index is 0.0465. The zero-order valence-corrected chi connectivity index (χ0v) is 13.8. The molecule has 0 radical (unpaired) electrons. The first-order valence-electron chi connectivity index (χ1n) is 7.21. The van der Waals surface area contributed by atoms with E-state index in [1.807, 2.05) is 50.4 Å². The van der Waals surface area contributed by atoms with Gasteiger partial charge in [-0.05, 0) is 32.9 Å². The first-order chi connectivity index (χ1) is 10.5. The predicted molar refractivity (Wildman–Crippen MR) is 89.3 cm³/mol. The molecule has 0 aliphatic rings. The highest BCUT2D eigenvalue weighted by atomic mass is 32.1. The smallest absolute Gasteiger partial charge is 0.230 e. The molecule has 1 amide bonds. The van der Waals surface area contributed by atoms with E-state index in [0.29, 0.717) is 11.4 Å². The van der Waals surface area contributed by atoms with Gasteiger partial charge in [-0.3, -0.25) is 4.79 Å². The van der Waals surface area contributed by atoms with Crippen molar-refractivity contribution in [2.24, 2.45) is 5.73 Å². The molecule has 3 N–H and O–H groups in total. The number of aromatic nitrogens is 1. The molecule has 0 aliphatic carbocycles. The molecule has 2 rings (SSSR count). The van der Waals surface area contributed by atoms with E-state index < -0.39 is 0 Å². The molecule has 0 fully saturated rings. The Bertz CT molecular complexity index is 638. The Balaban J connectivity index is 2.02. The Kier molecular flexibility index (Phi) is 5.51. The number of rotatable bonds is 6. The lowest BCUT2D eigenvalue weighted by Gasteiger charge is -2.14. The van der Waals surface area contributed by atoms with Crippen molar-refractivity contribution in [3.63, 3.8) is 0 Å². The summed E-state index contributed by atoms with van der Waals surface area (Å²) in [6.45, 7) is 5.77. The van der Waals surface area contributed by atoms with Gasteiger partial charge in [0.1, 0.15) is 10.8 Å². The molecule has 5 nitrogen and oxygen atoms in total. The summed E-state index contributed by atoms with van der Waals surface area (Å²) in [6.07, 6.45) is 0.268. The highest BCUT2D eigenvalue weighted by molar-refractivity contribution is 7.09. The summed E-state index contributed by atoms with van der Waals surface area (Å²) in [5.41, 5.74) is 7.18. The van der Waals surface area contributed by atoms with Crippen molar-refractivity contribution in [1.29, 1.82) is 0 Å². The predicted octanol–water partition coefficient (Wildman–Crippen LogP) is 3.13. The molecule has 1 aromatic carbocycles. The van der Waals surface area contributed by atoms with Gasteiger partial charge in [0.25, 0.3) is 0 Å². The van der Waals surface area contributed by atoms with E-state index in [9.17, 15) is 4.79 Å². The molecule has 1 unspecified atom stereocenters. The molecule has 0 aliphatic heterocycles. The summed E-state index contributed by atoms with van der Waals surface area (Å²) in [6, 6.07) is 7.29. The molecule has 0 saturated carbocycles. The Hall–Kier alpha value is -1.92. The normalized spacial score (nSPS) is 12.2. The standard InChI is InChI=1S/C16H21N3O2S/c1-10(2)21-14-7-5-4-6-13(14)19-15(20)8-12-9-22-16(18-12)11(3)17/h4-7,9-11H,8,17H2,1-3H3,(H,19,20). The number of hydrogen-bond acceptors (Lipinski definition) is 5. The number of nitrogens with zero attached hydrogens (tertiary/aromatic N) is 1. The quantitative estimate of drug-likeness (QED) is 0.857. The Morgan fingerprint density at radius 1 is 1.36 bits per heavy atom. The van der Waals surface area contributed by atoms with E-state index in [1.165, 1.54) is 11.3 Å². The third kappa shape index (κ3) is 4.54. The largest absolute Gasteiger partial charge is 0.489 e. The number of nitrogens with one attached hydrogen (secondary N) is 1. The van der Waals surface area contributed by atoms with Crippen LogP contribution in [0.4, 0.5) is 5.69 Å². The maximum Gasteiger partial charge on any atom is 0.230 e. The summed E-state index contributed by atoms with van der Waals surface area (Å²) >= 11 is 1.48. The minimum Gasteiger partial charge on any atom is -0.489 e. The summed E-state index contributed by atoms with van der Waals surface area (Å²) < 4.78 is 5.69. The molecule has 0 saturated heterocycles. The van der Waals surface area contributed by atoms with Crippen molar-refractivity contribution in [3.05, 3.63) is 40.3 Å². The monoisotopic (exact) mass is 319 g/mol. The zero-order valence-electron chi connectivity index (χ0n) is 13.0. The van der Waals surface area contributed by atoms with E-state index in [2.05, 4.69) is 10.3 Å². The lowest BCUT2D eigenvalue weighted by atomic mass is 10.2. The van der Waals surface area contributed by atoms with Gasteiger partial charge in [-0.2, -0.15) is 0 Å². The van der Waals surface area contributed by atoms with Gasteiger partial charge in [0.2, 0.25) is 5.91 Å². The number of anilines is 1. The van der Waals surface area contributed by atoms with Gasteiger partial charge < -0.3 is 15.8 Å². The van der Waals surface area contributed by atoms with E-state index >= 15 is 0 Å². The van der Waals surface area contributed by atoms with E-state index in [1.54, 1.807) is 0 Å². The highest BCUT2D eigenvalue weighted by Crippen LogP contribution is 2.25. The van der Waals surface area contributed by atoms with E-state index in [0.717, 1.165) is 10.7 Å². The average molecular weight is 319 g/mol. The fraction of sp³-hybridized carbons (Fsp3) is 0.375. The number of carbonyl (C=O) groups is 1. The molecule has 2 aromatic rings. The molecule has 1 heterocycles. The number of amides is 1. The second-order valence-electron chi connectivity index (χ2n) is 5.35. The van der Waals surface area contributed by atoms with Gasteiger partial charge in [-0.25, -0.2) is 4.98 Å². The van der Waals surface area contributed by atoms with Gasteiger partial charge >= 0.3 is 0 Å². The second-order valence-corrected chi connectivity index (χ2v) is 6.24. The van der Waals surface area contributed by atoms with Gasteiger partial charge in [-0.1, -0.05) is 12.1 Å². The number of nitrogens with two attached hydrogens (primary N) is 1. The second kappa shape index (κ2) is 7.38. The van der Waals surface area contributed by atoms with Crippen LogP contribution < -0.4 is 15.8 Å². The number of ether oxygens (including phenoxy) is 1. The topological polar surface area (TPSA) is 77.2 Å². The first kappa shape index (κ1) is 16.5. The SMILES string of the molecule is CC(C)Oc1ccccc1NC(=O)Cc1csc(C(C)N)n1. The molecule has 1 aromatic heterocycles. The maximum absolute atomic E-state index is 12.2. The molecular formula is C16H21N3O2S. The lowest BCUT2D eigenvalue weighted by molar-refractivity contribution is -0.115. The first-order valence-corrected chi connectivity index (χ1v) is 8.09. The molecule has 0 spiro atoms. The van der Waals surface area contributed by atoms with Crippen LogP contribution in [0.5, 0.6) is 5.75 Å². The van der Waals surface area contributed by atoms with Gasteiger partial charge in [-0.15, -0.1) is 11.3 Å². The van der Waals surface area contributed by atoms with Crippen LogP contribution in [0.3, 0.4) is 0 Å². The van der Waals surface area contributed by atoms with Crippen LogP contribution in [0, 0.1) is 0 Å². The number of thiazole rings is 1. The third-order valence-corrected chi connectivity index (χ3v) is 3.92. The van der Waals surface area contributed by atoms with Gasteiger partial charge in [0.15, 0.2) is 0 Å². The minimum atomic E-state index is -0.124. The van der Waals surface area contributed by atoms with Crippen LogP contribution in [0.2, 0.25) is 0 Å². The molecule has 6 heteroatoms. The van der Waals surface area contributed by atoms with Crippen LogP contribution in [0.15, 0.2) is 29.6 Å². The Morgan fingerprint density at radius 2 is 2.09 bits per heavy atom. The highest BCUT2D eigenvalue weighted by Gasteiger charge is 2.12. The summed E-state index contributed by atoms with van der Waals surface area (Å²) in [4.78, 5) is 16.5. The summed E-state index contributed by atoms with van der Waals surface area (Å²) in [5, 5.41) is 5.58. The van der Waals surface area contributed by atoms with Gasteiger partial charge in [0.05, 0.1) is 29.9 Å². The Labute approximate surface area is 134 Å². The van der Waals surface area contributed by atoms with Crippen LogP contribution in [-0.2, 0) is 11.2 Å².